The summed E-state index contributed by atoms with van der Waals surface area (Å²) < 4.78 is 40.6. The number of halogens is 4. The van der Waals surface area contributed by atoms with Crippen LogP contribution in [0.25, 0.3) is 5.69 Å². The van der Waals surface area contributed by atoms with Crippen LogP contribution in [-0.4, -0.2) is 20.2 Å². The van der Waals surface area contributed by atoms with E-state index in [-0.39, 0.29) is 5.02 Å². The number of thioether (sulfide) groups is 1. The van der Waals surface area contributed by atoms with E-state index in [0.717, 1.165) is 22.9 Å². The molecule has 0 fully saturated rings. The Balaban J connectivity index is 1.86. The standard InChI is InChI=1S/C17H14ClF3N4S/c1-10-4-3-5-11(2)16(10)25-15(22-23-24-25)9-26-12-6-7-14(18)13(8-12)17(19,20)21/h3-8H,9H2,1-2H3. The Bertz CT molecular complexity index is 920. The maximum absolute atomic E-state index is 13.0. The molecule has 0 bridgehead atoms. The van der Waals surface area contributed by atoms with Gasteiger partial charge >= 0.3 is 6.18 Å². The molecular weight excluding hydrogens is 385 g/mol. The molecule has 26 heavy (non-hydrogen) atoms. The topological polar surface area (TPSA) is 43.6 Å². The Kier molecular flexibility index (Phi) is 5.24. The van der Waals surface area contributed by atoms with Gasteiger partial charge in [0.25, 0.3) is 0 Å². The Hall–Kier alpha value is -2.06. The quantitative estimate of drug-likeness (QED) is 0.563. The molecule has 1 heterocycles. The summed E-state index contributed by atoms with van der Waals surface area (Å²) in [6.45, 7) is 3.91. The number of alkyl halides is 3. The van der Waals surface area contributed by atoms with Crippen LogP contribution >= 0.6 is 23.4 Å². The van der Waals surface area contributed by atoms with Gasteiger partial charge in [-0.15, -0.1) is 16.9 Å². The third-order valence-electron chi connectivity index (χ3n) is 3.80. The van der Waals surface area contributed by atoms with E-state index in [9.17, 15) is 13.2 Å². The molecule has 0 spiro atoms. The zero-order chi connectivity index (χ0) is 18.9. The fraction of sp³-hybridized carbons (Fsp3) is 0.235. The van der Waals surface area contributed by atoms with Crippen molar-refractivity contribution >= 4 is 23.4 Å². The van der Waals surface area contributed by atoms with Gasteiger partial charge in [-0.2, -0.15) is 17.9 Å². The third-order valence-corrected chi connectivity index (χ3v) is 5.12. The number of aryl methyl sites for hydroxylation is 2. The second-order valence-electron chi connectivity index (χ2n) is 5.68. The Morgan fingerprint density at radius 2 is 1.81 bits per heavy atom. The van der Waals surface area contributed by atoms with Gasteiger partial charge in [-0.25, -0.2) is 0 Å². The van der Waals surface area contributed by atoms with Crippen molar-refractivity contribution in [2.24, 2.45) is 0 Å². The summed E-state index contributed by atoms with van der Waals surface area (Å²) in [6, 6.07) is 9.70. The van der Waals surface area contributed by atoms with Crippen molar-refractivity contribution in [2.75, 3.05) is 0 Å². The highest BCUT2D eigenvalue weighted by atomic mass is 35.5. The van der Waals surface area contributed by atoms with E-state index in [0.29, 0.717) is 16.5 Å². The fourth-order valence-electron chi connectivity index (χ4n) is 2.57. The number of aromatic nitrogens is 4. The number of hydrogen-bond donors (Lipinski definition) is 0. The van der Waals surface area contributed by atoms with Crippen LogP contribution in [0.1, 0.15) is 22.5 Å². The summed E-state index contributed by atoms with van der Waals surface area (Å²) in [5, 5.41) is 11.4. The van der Waals surface area contributed by atoms with Gasteiger partial charge in [0, 0.05) is 4.90 Å². The summed E-state index contributed by atoms with van der Waals surface area (Å²) >= 11 is 6.87. The molecule has 9 heteroatoms. The molecule has 1 aromatic heterocycles. The van der Waals surface area contributed by atoms with E-state index in [1.807, 2.05) is 32.0 Å². The van der Waals surface area contributed by atoms with E-state index in [1.165, 1.54) is 17.8 Å². The predicted molar refractivity (Wildman–Crippen MR) is 94.6 cm³/mol. The van der Waals surface area contributed by atoms with Crippen LogP contribution in [-0.2, 0) is 11.9 Å². The predicted octanol–water partition coefficient (Wildman–Crippen LogP) is 5.24. The average molecular weight is 399 g/mol. The molecule has 0 aliphatic rings. The Morgan fingerprint density at radius 3 is 2.46 bits per heavy atom. The van der Waals surface area contributed by atoms with Gasteiger partial charge in [0.2, 0.25) is 0 Å². The van der Waals surface area contributed by atoms with Gasteiger partial charge in [0.1, 0.15) is 0 Å². The normalized spacial score (nSPS) is 11.8. The Morgan fingerprint density at radius 1 is 1.12 bits per heavy atom. The molecule has 0 unspecified atom stereocenters. The molecule has 0 radical (unpaired) electrons. The van der Waals surface area contributed by atoms with Gasteiger partial charge in [-0.1, -0.05) is 29.8 Å². The first-order valence-corrected chi connectivity index (χ1v) is 8.97. The van der Waals surface area contributed by atoms with Crippen molar-refractivity contribution in [2.45, 2.75) is 30.7 Å². The lowest BCUT2D eigenvalue weighted by atomic mass is 10.1. The maximum Gasteiger partial charge on any atom is 0.417 e. The molecule has 0 N–H and O–H groups in total. The zero-order valence-electron chi connectivity index (χ0n) is 13.9. The van der Waals surface area contributed by atoms with Gasteiger partial charge in [0.05, 0.1) is 22.0 Å². The van der Waals surface area contributed by atoms with Gasteiger partial charge < -0.3 is 0 Å². The van der Waals surface area contributed by atoms with Crippen LogP contribution in [0.15, 0.2) is 41.3 Å². The first-order valence-electron chi connectivity index (χ1n) is 7.61. The number of tetrazole rings is 1. The van der Waals surface area contributed by atoms with E-state index in [4.69, 9.17) is 11.6 Å². The second-order valence-corrected chi connectivity index (χ2v) is 7.13. The maximum atomic E-state index is 13.0. The zero-order valence-corrected chi connectivity index (χ0v) is 15.5. The van der Waals surface area contributed by atoms with Crippen LogP contribution in [0.3, 0.4) is 0 Å². The van der Waals surface area contributed by atoms with Crippen molar-refractivity contribution in [3.8, 4) is 5.69 Å². The van der Waals surface area contributed by atoms with Crippen molar-refractivity contribution in [1.82, 2.24) is 20.2 Å². The molecule has 3 aromatic rings. The van der Waals surface area contributed by atoms with E-state index >= 15 is 0 Å². The van der Waals surface area contributed by atoms with Crippen molar-refractivity contribution in [3.05, 3.63) is 63.9 Å². The monoisotopic (exact) mass is 398 g/mol. The molecule has 0 atom stereocenters. The van der Waals surface area contributed by atoms with Crippen LogP contribution < -0.4 is 0 Å². The molecule has 0 saturated carbocycles. The van der Waals surface area contributed by atoms with Crippen molar-refractivity contribution in [3.63, 3.8) is 0 Å². The summed E-state index contributed by atoms with van der Waals surface area (Å²) in [5.41, 5.74) is 2.04. The minimum atomic E-state index is -4.49. The van der Waals surface area contributed by atoms with Gasteiger partial charge in [-0.05, 0) is 53.6 Å². The average Bonchev–Trinajstić information content (AvgIpc) is 3.01. The minimum absolute atomic E-state index is 0.317. The largest absolute Gasteiger partial charge is 0.417 e. The summed E-state index contributed by atoms with van der Waals surface area (Å²) in [5.74, 6) is 0.871. The molecule has 2 aromatic carbocycles. The first-order chi connectivity index (χ1) is 12.3. The lowest BCUT2D eigenvalue weighted by molar-refractivity contribution is -0.137. The molecule has 4 nitrogen and oxygen atoms in total. The van der Waals surface area contributed by atoms with Gasteiger partial charge in [-0.3, -0.25) is 0 Å². The van der Waals surface area contributed by atoms with Crippen LogP contribution in [0.5, 0.6) is 0 Å². The van der Waals surface area contributed by atoms with E-state index in [2.05, 4.69) is 15.5 Å². The molecule has 3 rings (SSSR count). The lowest BCUT2D eigenvalue weighted by Crippen LogP contribution is -2.07. The minimum Gasteiger partial charge on any atom is -0.196 e. The number of rotatable bonds is 4. The number of nitrogens with zero attached hydrogens (tertiary/aromatic N) is 4. The Labute approximate surface area is 157 Å². The molecular formula is C17H14ClF3N4S. The molecule has 0 saturated heterocycles. The van der Waals surface area contributed by atoms with Crippen LogP contribution in [0.2, 0.25) is 5.02 Å². The SMILES string of the molecule is Cc1cccc(C)c1-n1nnnc1CSc1ccc(Cl)c(C(F)(F)F)c1. The molecule has 0 aliphatic carbocycles. The fourth-order valence-corrected chi connectivity index (χ4v) is 3.63. The smallest absolute Gasteiger partial charge is 0.196 e. The first kappa shape index (κ1) is 18.7. The van der Waals surface area contributed by atoms with Crippen LogP contribution in [0, 0.1) is 13.8 Å². The summed E-state index contributed by atoms with van der Waals surface area (Å²) in [4.78, 5) is 0.442. The molecule has 136 valence electrons. The molecule has 0 amide bonds. The summed E-state index contributed by atoms with van der Waals surface area (Å²) in [7, 11) is 0. The highest BCUT2D eigenvalue weighted by Crippen LogP contribution is 2.37. The van der Waals surface area contributed by atoms with E-state index < -0.39 is 11.7 Å². The van der Waals surface area contributed by atoms with Crippen LogP contribution in [0.4, 0.5) is 13.2 Å². The lowest BCUT2D eigenvalue weighted by Gasteiger charge is -2.12. The van der Waals surface area contributed by atoms with E-state index in [1.54, 1.807) is 10.7 Å². The number of hydrogen-bond acceptors (Lipinski definition) is 4. The highest BCUT2D eigenvalue weighted by Gasteiger charge is 2.33. The summed E-state index contributed by atoms with van der Waals surface area (Å²) in [6.07, 6.45) is -4.49. The van der Waals surface area contributed by atoms with Crippen molar-refractivity contribution < 1.29 is 13.2 Å². The van der Waals surface area contributed by atoms with Crippen molar-refractivity contribution in [1.29, 1.82) is 0 Å². The highest BCUT2D eigenvalue weighted by molar-refractivity contribution is 7.98. The molecule has 0 aliphatic heterocycles. The number of benzene rings is 2. The second kappa shape index (κ2) is 7.28. The van der Waals surface area contributed by atoms with Gasteiger partial charge in [0.15, 0.2) is 5.82 Å². The number of para-hydroxylation sites is 1. The third kappa shape index (κ3) is 3.86.